The fourth-order valence-corrected chi connectivity index (χ4v) is 3.12. The van der Waals surface area contributed by atoms with Crippen LogP contribution in [0.3, 0.4) is 0 Å². The first-order valence-corrected chi connectivity index (χ1v) is 10.1. The van der Waals surface area contributed by atoms with Crippen LogP contribution in [-0.4, -0.2) is 24.0 Å². The molecular weight excluding hydrogens is 420 g/mol. The van der Waals surface area contributed by atoms with Gasteiger partial charge >= 0.3 is 6.03 Å². The molecular formula is C22H28N10O. The predicted octanol–water partition coefficient (Wildman–Crippen LogP) is 1.91. The summed E-state index contributed by atoms with van der Waals surface area (Å²) < 4.78 is 0. The van der Waals surface area contributed by atoms with Crippen molar-refractivity contribution in [2.45, 2.75) is 20.1 Å². The molecule has 0 spiro atoms. The van der Waals surface area contributed by atoms with Crippen LogP contribution in [0, 0.1) is 6.92 Å². The third kappa shape index (κ3) is 6.40. The number of hydrogen-bond donors (Lipinski definition) is 8. The van der Waals surface area contributed by atoms with E-state index < -0.39 is 6.29 Å². The summed E-state index contributed by atoms with van der Waals surface area (Å²) in [5.41, 5.74) is 32.1. The van der Waals surface area contributed by atoms with Gasteiger partial charge in [0, 0.05) is 16.8 Å². The summed E-state index contributed by atoms with van der Waals surface area (Å²) in [7, 11) is 0. The van der Waals surface area contributed by atoms with Crippen molar-refractivity contribution in [3.63, 3.8) is 0 Å². The van der Waals surface area contributed by atoms with E-state index in [1.165, 1.54) is 0 Å². The maximum absolute atomic E-state index is 12.5. The zero-order valence-corrected chi connectivity index (χ0v) is 18.4. The second-order valence-electron chi connectivity index (χ2n) is 7.36. The molecule has 11 nitrogen and oxygen atoms in total. The summed E-state index contributed by atoms with van der Waals surface area (Å²) in [4.78, 5) is 12.5. The van der Waals surface area contributed by atoms with Gasteiger partial charge in [0.15, 0.2) is 0 Å². The Bertz CT molecular complexity index is 1200. The minimum atomic E-state index is -0.701. The van der Waals surface area contributed by atoms with E-state index in [2.05, 4.69) is 31.7 Å². The summed E-state index contributed by atoms with van der Waals surface area (Å²) in [5.74, 6) is -0.114. The molecule has 3 rings (SSSR count). The number of benzene rings is 3. The zero-order chi connectivity index (χ0) is 24.0. The third-order valence-electron chi connectivity index (χ3n) is 4.73. The number of guanidine groups is 1. The van der Waals surface area contributed by atoms with Gasteiger partial charge in [0.2, 0.25) is 5.96 Å². The number of nitrogens with one attached hydrogen (secondary N) is 4. The summed E-state index contributed by atoms with van der Waals surface area (Å²) in [6.45, 7) is 3.76. The van der Waals surface area contributed by atoms with E-state index in [4.69, 9.17) is 22.9 Å². The van der Waals surface area contributed by atoms with Crippen molar-refractivity contribution in [1.29, 1.82) is 0 Å². The van der Waals surface area contributed by atoms with E-state index in [1.54, 1.807) is 19.1 Å². The van der Waals surface area contributed by atoms with Crippen LogP contribution in [0.4, 0.5) is 21.9 Å². The molecule has 172 valence electrons. The average Bonchev–Trinajstić information content (AvgIpc) is 2.77. The molecule has 3 aromatic carbocycles. The number of anilines is 3. The number of amides is 2. The smallest absolute Gasteiger partial charge is 0.323 e. The number of carbonyl (C=O) groups is 1. The van der Waals surface area contributed by atoms with Crippen LogP contribution < -0.4 is 44.4 Å². The highest BCUT2D eigenvalue weighted by Crippen LogP contribution is 2.29. The second-order valence-corrected chi connectivity index (χ2v) is 7.36. The Morgan fingerprint density at radius 3 is 2.24 bits per heavy atom. The van der Waals surface area contributed by atoms with Gasteiger partial charge in [-0.15, -0.1) is 5.10 Å². The monoisotopic (exact) mass is 448 g/mol. The Balaban J connectivity index is 1.69. The fraction of sp³-hybridized carbons (Fsp3) is 0.136. The lowest BCUT2D eigenvalue weighted by molar-refractivity contribution is 0.262. The van der Waals surface area contributed by atoms with Crippen molar-refractivity contribution in [3.05, 3.63) is 65.7 Å². The number of urea groups is 1. The maximum atomic E-state index is 12.5. The van der Waals surface area contributed by atoms with Crippen molar-refractivity contribution in [3.8, 4) is 0 Å². The van der Waals surface area contributed by atoms with Crippen LogP contribution in [0.5, 0.6) is 0 Å². The van der Waals surface area contributed by atoms with E-state index in [9.17, 15) is 4.79 Å². The largest absolute Gasteiger partial charge is 0.369 e. The van der Waals surface area contributed by atoms with Crippen molar-refractivity contribution in [2.24, 2.45) is 33.1 Å². The normalized spacial score (nSPS) is 11.4. The molecule has 0 atom stereocenters. The highest BCUT2D eigenvalue weighted by molar-refractivity contribution is 6.03. The number of carbonyl (C=O) groups excluding carboxylic acids is 1. The number of nitrogens with zero attached hydrogens (tertiary/aromatic N) is 2. The summed E-state index contributed by atoms with van der Waals surface area (Å²) >= 11 is 0. The lowest BCUT2D eigenvalue weighted by Gasteiger charge is -2.16. The molecule has 12 N–H and O–H groups in total. The van der Waals surface area contributed by atoms with Gasteiger partial charge in [-0.3, -0.25) is 0 Å². The second kappa shape index (κ2) is 10.4. The van der Waals surface area contributed by atoms with Gasteiger partial charge in [0.1, 0.15) is 6.29 Å². The standard InChI is InChI=1S/C22H28N10O/c1-12-3-4-15-11-17(9-10-18(15)19(12)30-32-21(25)26)28-22(33)27-16-7-5-14(6-8-16)13(2)29-31-20(23)24/h3-11,21,30,32H,25-26H2,1-2H3,(H4,23,24,31)(H2,27,28,33). The van der Waals surface area contributed by atoms with Crippen molar-refractivity contribution >= 4 is 45.5 Å². The molecule has 0 aromatic heterocycles. The van der Waals surface area contributed by atoms with E-state index >= 15 is 0 Å². The minimum absolute atomic E-state index is 0.114. The summed E-state index contributed by atoms with van der Waals surface area (Å²) in [6, 6.07) is 16.3. The molecule has 0 saturated carbocycles. The molecule has 0 heterocycles. The molecule has 0 bridgehead atoms. The van der Waals surface area contributed by atoms with Crippen LogP contribution in [0.2, 0.25) is 0 Å². The maximum Gasteiger partial charge on any atom is 0.323 e. The number of aryl methyl sites for hydroxylation is 1. The molecule has 33 heavy (non-hydrogen) atoms. The summed E-state index contributed by atoms with van der Waals surface area (Å²) in [5, 5.41) is 15.1. The molecule has 0 fully saturated rings. The quantitative estimate of drug-likeness (QED) is 0.117. The molecule has 0 aliphatic rings. The van der Waals surface area contributed by atoms with Gasteiger partial charge in [0.05, 0.1) is 11.4 Å². The van der Waals surface area contributed by atoms with Crippen LogP contribution in [0.1, 0.15) is 18.1 Å². The first kappa shape index (κ1) is 23.5. The van der Waals surface area contributed by atoms with E-state index in [-0.39, 0.29) is 12.0 Å². The highest BCUT2D eigenvalue weighted by atomic mass is 16.2. The number of hydrazine groups is 1. The van der Waals surface area contributed by atoms with Gasteiger partial charge < -0.3 is 39.0 Å². The first-order valence-electron chi connectivity index (χ1n) is 10.1. The highest BCUT2D eigenvalue weighted by Gasteiger charge is 2.08. The Morgan fingerprint density at radius 2 is 1.58 bits per heavy atom. The van der Waals surface area contributed by atoms with Gasteiger partial charge in [-0.25, -0.2) is 10.2 Å². The summed E-state index contributed by atoms with van der Waals surface area (Å²) in [6.07, 6.45) is -0.701. The molecule has 0 radical (unpaired) electrons. The van der Waals surface area contributed by atoms with Crippen LogP contribution in [0.25, 0.3) is 10.8 Å². The van der Waals surface area contributed by atoms with Crippen molar-refractivity contribution in [2.75, 3.05) is 16.1 Å². The predicted molar refractivity (Wildman–Crippen MR) is 135 cm³/mol. The molecule has 0 saturated heterocycles. The van der Waals surface area contributed by atoms with Crippen molar-refractivity contribution < 1.29 is 4.79 Å². The number of fused-ring (bicyclic) bond motifs is 1. The minimum Gasteiger partial charge on any atom is -0.369 e. The zero-order valence-electron chi connectivity index (χ0n) is 18.4. The SMILES string of the molecule is CC(=NN=C(N)N)c1ccc(NC(=O)Nc2ccc3c(NNC(N)N)c(C)ccc3c2)cc1. The molecule has 11 heteroatoms. The number of hydrogen-bond acceptors (Lipinski definition) is 7. The molecule has 0 aliphatic heterocycles. The fourth-order valence-electron chi connectivity index (χ4n) is 3.12. The lowest BCUT2D eigenvalue weighted by Crippen LogP contribution is -2.48. The molecule has 0 unspecified atom stereocenters. The Morgan fingerprint density at radius 1 is 0.909 bits per heavy atom. The van der Waals surface area contributed by atoms with E-state index in [0.717, 1.165) is 27.6 Å². The Labute approximate surface area is 191 Å². The van der Waals surface area contributed by atoms with Gasteiger partial charge in [0.25, 0.3) is 0 Å². The van der Waals surface area contributed by atoms with Gasteiger partial charge in [-0.2, -0.15) is 5.10 Å². The van der Waals surface area contributed by atoms with Crippen LogP contribution >= 0.6 is 0 Å². The molecule has 3 aromatic rings. The van der Waals surface area contributed by atoms with Gasteiger partial charge in [-0.05, 0) is 54.6 Å². The topological polar surface area (TPSA) is 194 Å². The average molecular weight is 449 g/mol. The van der Waals surface area contributed by atoms with E-state index in [1.807, 2.05) is 49.4 Å². The van der Waals surface area contributed by atoms with E-state index in [0.29, 0.717) is 17.1 Å². The first-order chi connectivity index (χ1) is 15.7. The van der Waals surface area contributed by atoms with Gasteiger partial charge in [-0.1, -0.05) is 30.3 Å². The van der Waals surface area contributed by atoms with Crippen molar-refractivity contribution in [1.82, 2.24) is 5.43 Å². The van der Waals surface area contributed by atoms with Crippen LogP contribution in [-0.2, 0) is 0 Å². The lowest BCUT2D eigenvalue weighted by atomic mass is 10.0. The molecule has 0 aliphatic carbocycles. The third-order valence-corrected chi connectivity index (χ3v) is 4.73. The molecule has 2 amide bonds. The number of nitrogens with two attached hydrogens (primary N) is 4. The Hall–Kier alpha value is -4.19. The Kier molecular flexibility index (Phi) is 7.41. The van der Waals surface area contributed by atoms with Crippen LogP contribution in [0.15, 0.2) is 64.8 Å². The number of rotatable bonds is 7.